The average Bonchev–Trinajstić information content (AvgIpc) is 2.46. The number of halogens is 1. The van der Waals surface area contributed by atoms with Gasteiger partial charge in [-0.3, -0.25) is 4.79 Å². The summed E-state index contributed by atoms with van der Waals surface area (Å²) in [6, 6.07) is 6.66. The highest BCUT2D eigenvalue weighted by Gasteiger charge is 2.15. The van der Waals surface area contributed by atoms with E-state index >= 15 is 0 Å². The number of hydrogen-bond acceptors (Lipinski definition) is 3. The molecule has 0 aromatic heterocycles. The maximum absolute atomic E-state index is 11.9. The van der Waals surface area contributed by atoms with Crippen LogP contribution in [0.15, 0.2) is 29.2 Å². The maximum Gasteiger partial charge on any atom is 0.261 e. The Morgan fingerprint density at radius 2 is 1.76 bits per heavy atom. The number of hydrogen-bond donors (Lipinski definition) is 1. The molecule has 0 atom stereocenters. The standard InChI is InChI=1S/C15H20ClNO3S/c16-21(19,20)14-9-6-12(7-10-14)8-11-15(18)17-13-4-2-1-3-5-13/h6-7,9-10,13H,1-5,8,11H2,(H,17,18). The third-order valence-corrected chi connectivity index (χ3v) is 5.19. The maximum atomic E-state index is 11.9. The van der Waals surface area contributed by atoms with Crippen LogP contribution in [0.1, 0.15) is 44.1 Å². The van der Waals surface area contributed by atoms with Crippen LogP contribution in [0.5, 0.6) is 0 Å². The van der Waals surface area contributed by atoms with E-state index < -0.39 is 9.05 Å². The SMILES string of the molecule is O=C(CCc1ccc(S(=O)(=O)Cl)cc1)NC1CCCCC1. The van der Waals surface area contributed by atoms with Gasteiger partial charge in [-0.15, -0.1) is 0 Å². The monoisotopic (exact) mass is 329 g/mol. The summed E-state index contributed by atoms with van der Waals surface area (Å²) in [7, 11) is 1.58. The zero-order valence-electron chi connectivity index (χ0n) is 11.8. The molecule has 0 saturated heterocycles. The van der Waals surface area contributed by atoms with Gasteiger partial charge in [0.15, 0.2) is 0 Å². The van der Waals surface area contributed by atoms with Crippen molar-refractivity contribution >= 4 is 25.6 Å². The van der Waals surface area contributed by atoms with Crippen molar-refractivity contribution in [1.82, 2.24) is 5.32 Å². The molecular weight excluding hydrogens is 310 g/mol. The van der Waals surface area contributed by atoms with Crippen molar-refractivity contribution in [2.45, 2.75) is 55.9 Å². The molecule has 1 aliphatic carbocycles. The van der Waals surface area contributed by atoms with Crippen LogP contribution in [-0.4, -0.2) is 20.4 Å². The van der Waals surface area contributed by atoms with Gasteiger partial charge in [-0.1, -0.05) is 31.4 Å². The highest BCUT2D eigenvalue weighted by Crippen LogP contribution is 2.18. The molecule has 0 aliphatic heterocycles. The predicted molar refractivity (Wildman–Crippen MR) is 82.8 cm³/mol. The minimum Gasteiger partial charge on any atom is -0.353 e. The molecule has 1 fully saturated rings. The van der Waals surface area contributed by atoms with Crippen LogP contribution < -0.4 is 5.32 Å². The Balaban J connectivity index is 1.81. The fourth-order valence-electron chi connectivity index (χ4n) is 2.62. The molecule has 1 amide bonds. The minimum absolute atomic E-state index is 0.0657. The highest BCUT2D eigenvalue weighted by molar-refractivity contribution is 8.13. The Hall–Kier alpha value is -1.07. The zero-order chi connectivity index (χ0) is 15.3. The second-order valence-electron chi connectivity index (χ2n) is 5.48. The molecule has 21 heavy (non-hydrogen) atoms. The highest BCUT2D eigenvalue weighted by atomic mass is 35.7. The molecule has 2 rings (SSSR count). The molecule has 1 saturated carbocycles. The summed E-state index contributed by atoms with van der Waals surface area (Å²) < 4.78 is 22.3. The molecule has 1 aromatic rings. The Morgan fingerprint density at radius 3 is 2.33 bits per heavy atom. The molecule has 0 spiro atoms. The van der Waals surface area contributed by atoms with E-state index in [4.69, 9.17) is 10.7 Å². The summed E-state index contributed by atoms with van der Waals surface area (Å²) in [5.74, 6) is 0.0657. The van der Waals surface area contributed by atoms with Crippen molar-refractivity contribution in [2.24, 2.45) is 0 Å². The second-order valence-corrected chi connectivity index (χ2v) is 8.05. The Labute approximate surface area is 130 Å². The number of amides is 1. The third kappa shape index (κ3) is 5.32. The van der Waals surface area contributed by atoms with Crippen molar-refractivity contribution in [2.75, 3.05) is 0 Å². The summed E-state index contributed by atoms with van der Waals surface area (Å²) in [6.07, 6.45) is 6.83. The van der Waals surface area contributed by atoms with Gasteiger partial charge in [0.05, 0.1) is 4.90 Å². The van der Waals surface area contributed by atoms with Crippen molar-refractivity contribution < 1.29 is 13.2 Å². The smallest absolute Gasteiger partial charge is 0.261 e. The van der Waals surface area contributed by atoms with Crippen LogP contribution >= 0.6 is 10.7 Å². The van der Waals surface area contributed by atoms with Gasteiger partial charge in [-0.2, -0.15) is 0 Å². The van der Waals surface area contributed by atoms with Crippen LogP contribution in [0.4, 0.5) is 0 Å². The number of rotatable bonds is 5. The fourth-order valence-corrected chi connectivity index (χ4v) is 3.39. The normalized spacial score (nSPS) is 16.6. The van der Waals surface area contributed by atoms with E-state index in [9.17, 15) is 13.2 Å². The number of nitrogens with one attached hydrogen (secondary N) is 1. The van der Waals surface area contributed by atoms with Crippen LogP contribution in [0.25, 0.3) is 0 Å². The first-order chi connectivity index (χ1) is 9.95. The lowest BCUT2D eigenvalue weighted by Crippen LogP contribution is -2.36. The van der Waals surface area contributed by atoms with E-state index in [-0.39, 0.29) is 10.8 Å². The van der Waals surface area contributed by atoms with Gasteiger partial charge in [0, 0.05) is 23.1 Å². The van der Waals surface area contributed by atoms with Crippen LogP contribution in [0.2, 0.25) is 0 Å². The number of benzene rings is 1. The summed E-state index contributed by atoms with van der Waals surface area (Å²) in [6.45, 7) is 0. The van der Waals surface area contributed by atoms with Crippen molar-refractivity contribution in [3.05, 3.63) is 29.8 Å². The second kappa shape index (κ2) is 7.27. The minimum atomic E-state index is -3.68. The van der Waals surface area contributed by atoms with E-state index in [1.165, 1.54) is 31.4 Å². The predicted octanol–water partition coefficient (Wildman–Crippen LogP) is 3.00. The van der Waals surface area contributed by atoms with E-state index in [1.807, 2.05) is 0 Å². The van der Waals surface area contributed by atoms with Gasteiger partial charge < -0.3 is 5.32 Å². The molecule has 0 unspecified atom stereocenters. The van der Waals surface area contributed by atoms with Gasteiger partial charge in [-0.05, 0) is 37.0 Å². The summed E-state index contributed by atoms with van der Waals surface area (Å²) in [5, 5.41) is 3.07. The summed E-state index contributed by atoms with van der Waals surface area (Å²) >= 11 is 0. The number of aryl methyl sites for hydroxylation is 1. The molecule has 0 bridgehead atoms. The van der Waals surface area contributed by atoms with Crippen LogP contribution in [0, 0.1) is 0 Å². The van der Waals surface area contributed by atoms with Gasteiger partial charge in [0.2, 0.25) is 5.91 Å². The molecule has 0 heterocycles. The Bertz CT molecular complexity index is 577. The van der Waals surface area contributed by atoms with E-state index in [0.717, 1.165) is 18.4 Å². The van der Waals surface area contributed by atoms with Crippen LogP contribution in [0.3, 0.4) is 0 Å². The van der Waals surface area contributed by atoms with Gasteiger partial charge in [-0.25, -0.2) is 8.42 Å². The molecule has 116 valence electrons. The molecule has 1 aliphatic rings. The molecule has 4 nitrogen and oxygen atoms in total. The summed E-state index contributed by atoms with van der Waals surface area (Å²) in [5.41, 5.74) is 0.929. The average molecular weight is 330 g/mol. The van der Waals surface area contributed by atoms with E-state index in [0.29, 0.717) is 18.9 Å². The quantitative estimate of drug-likeness (QED) is 0.845. The molecule has 1 N–H and O–H groups in total. The lowest BCUT2D eigenvalue weighted by Gasteiger charge is -2.22. The third-order valence-electron chi connectivity index (χ3n) is 3.82. The van der Waals surface area contributed by atoms with Gasteiger partial charge in [0.25, 0.3) is 9.05 Å². The van der Waals surface area contributed by atoms with Crippen LogP contribution in [-0.2, 0) is 20.3 Å². The summed E-state index contributed by atoms with van der Waals surface area (Å²) in [4.78, 5) is 12.0. The fraction of sp³-hybridized carbons (Fsp3) is 0.533. The first-order valence-corrected chi connectivity index (χ1v) is 9.59. The van der Waals surface area contributed by atoms with E-state index in [2.05, 4.69) is 5.32 Å². The van der Waals surface area contributed by atoms with Crippen molar-refractivity contribution in [3.8, 4) is 0 Å². The Kier molecular flexibility index (Phi) is 5.65. The van der Waals surface area contributed by atoms with Crippen molar-refractivity contribution in [3.63, 3.8) is 0 Å². The molecular formula is C15H20ClNO3S. The van der Waals surface area contributed by atoms with Gasteiger partial charge in [0.1, 0.15) is 0 Å². The first kappa shape index (κ1) is 16.3. The van der Waals surface area contributed by atoms with Gasteiger partial charge >= 0.3 is 0 Å². The molecule has 0 radical (unpaired) electrons. The van der Waals surface area contributed by atoms with E-state index in [1.54, 1.807) is 12.1 Å². The van der Waals surface area contributed by atoms with Crippen molar-refractivity contribution in [1.29, 1.82) is 0 Å². The largest absolute Gasteiger partial charge is 0.353 e. The number of carbonyl (C=O) groups is 1. The zero-order valence-corrected chi connectivity index (χ0v) is 13.4. The number of carbonyl (C=O) groups excluding carboxylic acids is 1. The lowest BCUT2D eigenvalue weighted by atomic mass is 9.95. The lowest BCUT2D eigenvalue weighted by molar-refractivity contribution is -0.121. The molecule has 1 aromatic carbocycles. The topological polar surface area (TPSA) is 63.2 Å². The Morgan fingerprint density at radius 1 is 1.14 bits per heavy atom. The first-order valence-electron chi connectivity index (χ1n) is 7.28. The molecule has 6 heteroatoms.